The molecule has 0 radical (unpaired) electrons. The molecule has 0 spiro atoms. The summed E-state index contributed by atoms with van der Waals surface area (Å²) in [5.74, 6) is -0.270. The zero-order chi connectivity index (χ0) is 22.6. The summed E-state index contributed by atoms with van der Waals surface area (Å²) in [6.45, 7) is 2.27. The molecule has 1 N–H and O–H groups in total. The van der Waals surface area contributed by atoms with Gasteiger partial charge in [0, 0.05) is 31.3 Å². The monoisotopic (exact) mass is 450 g/mol. The van der Waals surface area contributed by atoms with Gasteiger partial charge in [-0.25, -0.2) is 17.5 Å². The minimum atomic E-state index is -3.39. The minimum absolute atomic E-state index is 0.0409. The van der Waals surface area contributed by atoms with E-state index in [1.54, 1.807) is 31.4 Å². The van der Waals surface area contributed by atoms with Gasteiger partial charge in [-0.2, -0.15) is 0 Å². The van der Waals surface area contributed by atoms with Crippen LogP contribution in [-0.4, -0.2) is 38.5 Å². The third-order valence-electron chi connectivity index (χ3n) is 5.91. The highest BCUT2D eigenvalue weighted by Gasteiger charge is 2.25. The van der Waals surface area contributed by atoms with Crippen molar-refractivity contribution in [1.82, 2.24) is 9.29 Å². The Bertz CT molecular complexity index is 1060. The molecule has 0 bridgehead atoms. The second-order valence-electron chi connectivity index (χ2n) is 8.57. The fourth-order valence-electron chi connectivity index (χ4n) is 4.29. The Morgan fingerprint density at radius 1 is 1.23 bits per heavy atom. The standard InChI is InChI=1S/C23H31FN2O4S/c1-16-11-22(23(27)26(2)14-16)19(13-25-31(3,28)29)15-30-21-9-7-17(8-10-21)18-5-4-6-20(24)12-18/h4-6,11-12,14,17,19,21,25H,7-10,13,15H2,1-3H3. The Labute approximate surface area is 183 Å². The van der Waals surface area contributed by atoms with Crippen molar-refractivity contribution in [3.8, 4) is 0 Å². The summed E-state index contributed by atoms with van der Waals surface area (Å²) in [7, 11) is -1.70. The molecule has 3 rings (SSSR count). The topological polar surface area (TPSA) is 77.4 Å². The lowest BCUT2D eigenvalue weighted by Crippen LogP contribution is -2.35. The molecular formula is C23H31FN2O4S. The average Bonchev–Trinajstić information content (AvgIpc) is 2.71. The fourth-order valence-corrected chi connectivity index (χ4v) is 4.79. The zero-order valence-electron chi connectivity index (χ0n) is 18.3. The summed E-state index contributed by atoms with van der Waals surface area (Å²) >= 11 is 0. The van der Waals surface area contributed by atoms with Crippen LogP contribution in [0.2, 0.25) is 0 Å². The summed E-state index contributed by atoms with van der Waals surface area (Å²) in [5, 5.41) is 0. The van der Waals surface area contributed by atoms with Gasteiger partial charge in [0.1, 0.15) is 5.82 Å². The van der Waals surface area contributed by atoms with E-state index in [0.29, 0.717) is 11.5 Å². The second kappa shape index (κ2) is 10.1. The van der Waals surface area contributed by atoms with Gasteiger partial charge in [-0.3, -0.25) is 4.79 Å². The lowest BCUT2D eigenvalue weighted by atomic mass is 9.82. The Balaban J connectivity index is 1.65. The van der Waals surface area contributed by atoms with Crippen LogP contribution < -0.4 is 10.3 Å². The van der Waals surface area contributed by atoms with Gasteiger partial charge in [-0.1, -0.05) is 12.1 Å². The Hall–Kier alpha value is -2.03. The van der Waals surface area contributed by atoms with Gasteiger partial charge in [0.2, 0.25) is 10.0 Å². The van der Waals surface area contributed by atoms with Crippen LogP contribution in [0.1, 0.15) is 54.2 Å². The smallest absolute Gasteiger partial charge is 0.253 e. The maximum Gasteiger partial charge on any atom is 0.253 e. The van der Waals surface area contributed by atoms with Crippen molar-refractivity contribution in [2.45, 2.75) is 50.5 Å². The van der Waals surface area contributed by atoms with Crippen molar-refractivity contribution in [1.29, 1.82) is 0 Å². The average molecular weight is 451 g/mol. The quantitative estimate of drug-likeness (QED) is 0.670. The van der Waals surface area contributed by atoms with Crippen LogP contribution in [-0.2, 0) is 21.8 Å². The molecular weight excluding hydrogens is 419 g/mol. The maximum absolute atomic E-state index is 13.5. The van der Waals surface area contributed by atoms with E-state index in [1.165, 1.54) is 10.6 Å². The van der Waals surface area contributed by atoms with Crippen molar-refractivity contribution in [2.24, 2.45) is 7.05 Å². The highest BCUT2D eigenvalue weighted by Crippen LogP contribution is 2.34. The third-order valence-corrected chi connectivity index (χ3v) is 6.60. The summed E-state index contributed by atoms with van der Waals surface area (Å²) in [6.07, 6.45) is 6.41. The summed E-state index contributed by atoms with van der Waals surface area (Å²) < 4.78 is 46.9. The van der Waals surface area contributed by atoms with Crippen molar-refractivity contribution in [3.05, 3.63) is 69.4 Å². The first-order valence-electron chi connectivity index (χ1n) is 10.6. The molecule has 1 atom stereocenters. The molecule has 8 heteroatoms. The number of rotatable bonds is 8. The van der Waals surface area contributed by atoms with Gasteiger partial charge >= 0.3 is 0 Å². The summed E-state index contributed by atoms with van der Waals surface area (Å²) in [4.78, 5) is 12.7. The molecule has 0 aliphatic heterocycles. The Kier molecular flexibility index (Phi) is 7.67. The fraction of sp³-hybridized carbons (Fsp3) is 0.522. The van der Waals surface area contributed by atoms with Crippen molar-refractivity contribution in [2.75, 3.05) is 19.4 Å². The summed E-state index contributed by atoms with van der Waals surface area (Å²) in [5.41, 5.74) is 2.35. The van der Waals surface area contributed by atoms with Crippen LogP contribution >= 0.6 is 0 Å². The number of hydrogen-bond donors (Lipinski definition) is 1. The van der Waals surface area contributed by atoms with Gasteiger partial charge in [0.15, 0.2) is 0 Å². The molecule has 1 saturated carbocycles. The summed E-state index contributed by atoms with van der Waals surface area (Å²) in [6, 6.07) is 8.58. The highest BCUT2D eigenvalue weighted by atomic mass is 32.2. The maximum atomic E-state index is 13.5. The first-order chi connectivity index (χ1) is 14.6. The van der Waals surface area contributed by atoms with Crippen LogP contribution in [0.15, 0.2) is 41.3 Å². The normalized spacial score (nSPS) is 20.5. The first-order valence-corrected chi connectivity index (χ1v) is 12.5. The molecule has 1 fully saturated rings. The van der Waals surface area contributed by atoms with Crippen LogP contribution in [0.5, 0.6) is 0 Å². The van der Waals surface area contributed by atoms with Crippen LogP contribution in [0.25, 0.3) is 0 Å². The van der Waals surface area contributed by atoms with Crippen molar-refractivity contribution in [3.63, 3.8) is 0 Å². The van der Waals surface area contributed by atoms with Gasteiger partial charge in [0.25, 0.3) is 5.56 Å². The first kappa shape index (κ1) is 23.6. The Morgan fingerprint density at radius 2 is 1.94 bits per heavy atom. The third kappa shape index (κ3) is 6.72. The molecule has 1 unspecified atom stereocenters. The molecule has 31 heavy (non-hydrogen) atoms. The van der Waals surface area contributed by atoms with Gasteiger partial charge in [-0.05, 0) is 67.9 Å². The predicted molar refractivity (Wildman–Crippen MR) is 119 cm³/mol. The molecule has 1 aliphatic rings. The van der Waals surface area contributed by atoms with Crippen LogP contribution in [0.3, 0.4) is 0 Å². The van der Waals surface area contributed by atoms with Gasteiger partial charge < -0.3 is 9.30 Å². The van der Waals surface area contributed by atoms with E-state index in [0.717, 1.165) is 43.1 Å². The zero-order valence-corrected chi connectivity index (χ0v) is 19.1. The molecule has 0 saturated heterocycles. The molecule has 1 aromatic carbocycles. The number of aromatic nitrogens is 1. The van der Waals surface area contributed by atoms with Crippen LogP contribution in [0.4, 0.5) is 4.39 Å². The van der Waals surface area contributed by atoms with E-state index < -0.39 is 10.0 Å². The molecule has 170 valence electrons. The van der Waals surface area contributed by atoms with E-state index in [9.17, 15) is 17.6 Å². The Morgan fingerprint density at radius 3 is 2.58 bits per heavy atom. The number of aryl methyl sites for hydroxylation is 2. The number of nitrogens with zero attached hydrogens (tertiary/aromatic N) is 1. The van der Waals surface area contributed by atoms with E-state index in [1.807, 2.05) is 13.0 Å². The molecule has 6 nitrogen and oxygen atoms in total. The SMILES string of the molecule is Cc1cc(C(CNS(C)(=O)=O)COC2CCC(c3cccc(F)c3)CC2)c(=O)n(C)c1. The predicted octanol–water partition coefficient (Wildman–Crippen LogP) is 3.21. The lowest BCUT2D eigenvalue weighted by Gasteiger charge is -2.30. The molecule has 2 aromatic rings. The molecule has 0 amide bonds. The molecule has 1 aliphatic carbocycles. The number of hydrogen-bond acceptors (Lipinski definition) is 4. The second-order valence-corrected chi connectivity index (χ2v) is 10.4. The number of sulfonamides is 1. The number of nitrogens with one attached hydrogen (secondary N) is 1. The lowest BCUT2D eigenvalue weighted by molar-refractivity contribution is 0.0168. The van der Waals surface area contributed by atoms with E-state index in [2.05, 4.69) is 4.72 Å². The number of ether oxygens (including phenoxy) is 1. The number of halogens is 1. The van der Waals surface area contributed by atoms with Gasteiger partial charge in [0.05, 0.1) is 19.0 Å². The van der Waals surface area contributed by atoms with Gasteiger partial charge in [-0.15, -0.1) is 0 Å². The largest absolute Gasteiger partial charge is 0.378 e. The number of pyridine rings is 1. The van der Waals surface area contributed by atoms with E-state index >= 15 is 0 Å². The highest BCUT2D eigenvalue weighted by molar-refractivity contribution is 7.88. The molecule has 1 aromatic heterocycles. The van der Waals surface area contributed by atoms with Crippen LogP contribution in [0, 0.1) is 12.7 Å². The van der Waals surface area contributed by atoms with E-state index in [-0.39, 0.29) is 36.5 Å². The van der Waals surface area contributed by atoms with Crippen molar-refractivity contribution >= 4 is 10.0 Å². The minimum Gasteiger partial charge on any atom is -0.378 e. The van der Waals surface area contributed by atoms with Crippen molar-refractivity contribution < 1.29 is 17.5 Å². The van der Waals surface area contributed by atoms with E-state index in [4.69, 9.17) is 4.74 Å². The molecule has 1 heterocycles. The number of benzene rings is 1.